The van der Waals surface area contributed by atoms with Gasteiger partial charge in [-0.15, -0.1) is 0 Å². The Balaban J connectivity index is 1.91. The van der Waals surface area contributed by atoms with Crippen LogP contribution >= 0.6 is 0 Å². The van der Waals surface area contributed by atoms with Crippen LogP contribution in [0.3, 0.4) is 0 Å². The summed E-state index contributed by atoms with van der Waals surface area (Å²) in [6.45, 7) is 5.16. The van der Waals surface area contributed by atoms with Crippen molar-refractivity contribution in [2.45, 2.75) is 51.9 Å². The second-order valence-electron chi connectivity index (χ2n) is 8.73. The maximum Gasteiger partial charge on any atom is 0.412 e. The second-order valence-corrected chi connectivity index (χ2v) is 8.73. The molecule has 0 saturated carbocycles. The van der Waals surface area contributed by atoms with E-state index in [4.69, 9.17) is 10.1 Å². The van der Waals surface area contributed by atoms with Crippen molar-refractivity contribution in [3.8, 4) is 5.75 Å². The highest BCUT2D eigenvalue weighted by Crippen LogP contribution is 2.38. The summed E-state index contributed by atoms with van der Waals surface area (Å²) in [7, 11) is 0. The number of anilines is 2. The summed E-state index contributed by atoms with van der Waals surface area (Å²) in [5.41, 5.74) is 1.75. The van der Waals surface area contributed by atoms with Crippen molar-refractivity contribution in [1.82, 2.24) is 5.32 Å². The Kier molecular flexibility index (Phi) is 8.55. The van der Waals surface area contributed by atoms with Crippen LogP contribution in [-0.2, 0) is 4.79 Å². The largest absolute Gasteiger partial charge is 0.484 e. The van der Waals surface area contributed by atoms with Crippen LogP contribution in [0.15, 0.2) is 65.8 Å². The zero-order chi connectivity index (χ0) is 26.5. The third kappa shape index (κ3) is 6.74. The number of nitrogens with one attached hydrogen (secondary N) is 3. The van der Waals surface area contributed by atoms with E-state index in [2.05, 4.69) is 10.6 Å². The number of alkyl halides is 3. The summed E-state index contributed by atoms with van der Waals surface area (Å²) in [5, 5.41) is 13.8. The van der Waals surface area contributed by atoms with Gasteiger partial charge in [-0.1, -0.05) is 26.0 Å². The average molecular weight is 504 g/mol. The van der Waals surface area contributed by atoms with Gasteiger partial charge < -0.3 is 20.8 Å². The van der Waals surface area contributed by atoms with Crippen molar-refractivity contribution in [2.24, 2.45) is 5.92 Å². The molecule has 3 atom stereocenters. The summed E-state index contributed by atoms with van der Waals surface area (Å²) < 4.78 is 59.1. The van der Waals surface area contributed by atoms with Crippen LogP contribution in [0.4, 0.5) is 28.9 Å². The highest BCUT2D eigenvalue weighted by Gasteiger charge is 2.38. The monoisotopic (exact) mass is 503 g/mol. The van der Waals surface area contributed by atoms with E-state index in [-0.39, 0.29) is 24.6 Å². The quantitative estimate of drug-likeness (QED) is 0.264. The zero-order valence-corrected chi connectivity index (χ0v) is 20.2. The molecule has 9 heteroatoms. The van der Waals surface area contributed by atoms with Crippen molar-refractivity contribution in [3.63, 3.8) is 0 Å². The number of benzene rings is 2. The lowest BCUT2D eigenvalue weighted by Gasteiger charge is -2.33. The van der Waals surface area contributed by atoms with Gasteiger partial charge in [0, 0.05) is 35.1 Å². The van der Waals surface area contributed by atoms with Gasteiger partial charge in [0.15, 0.2) is 0 Å². The first kappa shape index (κ1) is 27.0. The van der Waals surface area contributed by atoms with Gasteiger partial charge in [-0.05, 0) is 67.3 Å². The minimum atomic E-state index is -4.40. The Hall–Kier alpha value is -3.62. The lowest BCUT2D eigenvalue weighted by atomic mass is 9.83. The summed E-state index contributed by atoms with van der Waals surface area (Å²) in [6.07, 6.45) is -1.42. The summed E-state index contributed by atoms with van der Waals surface area (Å²) >= 11 is 0. The Morgan fingerprint density at radius 1 is 1.19 bits per heavy atom. The van der Waals surface area contributed by atoms with Crippen LogP contribution in [0.5, 0.6) is 5.75 Å². The predicted octanol–water partition coefficient (Wildman–Crippen LogP) is 6.68. The lowest BCUT2D eigenvalue weighted by Crippen LogP contribution is -2.46. The van der Waals surface area contributed by atoms with Crippen molar-refractivity contribution < 1.29 is 27.1 Å². The first-order chi connectivity index (χ1) is 17.0. The molecule has 192 valence electrons. The minimum Gasteiger partial charge on any atom is -0.484 e. The number of allylic oxidation sites excluding steroid dienone is 3. The topological polar surface area (TPSA) is 74.2 Å². The molecular formula is C27H29F4N3O2. The van der Waals surface area contributed by atoms with Crippen LogP contribution in [0.2, 0.25) is 0 Å². The molecule has 2 aromatic rings. The number of ether oxygens (including phenoxy) is 1. The molecule has 2 aromatic carbocycles. The molecule has 3 N–H and O–H groups in total. The first-order valence-electron chi connectivity index (χ1n) is 11.6. The summed E-state index contributed by atoms with van der Waals surface area (Å²) in [4.78, 5) is 12.1. The van der Waals surface area contributed by atoms with E-state index in [0.29, 0.717) is 28.3 Å². The molecular weight excluding hydrogens is 474 g/mol. The van der Waals surface area contributed by atoms with Gasteiger partial charge in [0.05, 0.1) is 6.04 Å². The van der Waals surface area contributed by atoms with E-state index >= 15 is 0 Å². The number of halogens is 4. The van der Waals surface area contributed by atoms with Gasteiger partial charge in [-0.2, -0.15) is 13.2 Å². The van der Waals surface area contributed by atoms with Gasteiger partial charge in [-0.3, -0.25) is 4.79 Å². The number of amides is 1. The van der Waals surface area contributed by atoms with Crippen LogP contribution in [0.1, 0.15) is 39.2 Å². The van der Waals surface area contributed by atoms with Gasteiger partial charge in [-0.25, -0.2) is 4.39 Å². The highest BCUT2D eigenvalue weighted by atomic mass is 19.4. The number of hydrogen-bond acceptors (Lipinski definition) is 4. The average Bonchev–Trinajstić information content (AvgIpc) is 2.84. The van der Waals surface area contributed by atoms with Crippen molar-refractivity contribution >= 4 is 23.5 Å². The lowest BCUT2D eigenvalue weighted by molar-refractivity contribution is -0.121. The Morgan fingerprint density at radius 2 is 1.89 bits per heavy atom. The molecule has 1 aliphatic rings. The standard InChI is InChI=1S/C27H29F4N3O2/c1-4-25(35)33-17(3)26(23-11-5-19(13-16(23)2)27(29,30)31)36-22-10-12-24(18(14-22)15-32)34-21-8-6-20(28)7-9-21/h5-12,14-17,26,32,34H,4,13H2,1-3H3,(H,33,35)/t16?,17-,26-/m0/s1. The SMILES string of the molecule is CCC(=O)N[C@@H](C)[C@H](Oc1ccc(Nc2ccc(F)cc2)c(C=N)c1)C1=CC=C(C(F)(F)F)CC1C. The van der Waals surface area contributed by atoms with E-state index in [9.17, 15) is 22.4 Å². The maximum absolute atomic E-state index is 13.2. The molecule has 1 aliphatic carbocycles. The molecule has 0 heterocycles. The van der Waals surface area contributed by atoms with Crippen LogP contribution in [0.25, 0.3) is 0 Å². The molecule has 0 spiro atoms. The molecule has 0 radical (unpaired) electrons. The van der Waals surface area contributed by atoms with Crippen LogP contribution in [-0.4, -0.2) is 30.4 Å². The molecule has 1 unspecified atom stereocenters. The first-order valence-corrected chi connectivity index (χ1v) is 11.6. The van der Waals surface area contributed by atoms with E-state index < -0.39 is 29.8 Å². The van der Waals surface area contributed by atoms with Crippen LogP contribution < -0.4 is 15.4 Å². The summed E-state index contributed by atoms with van der Waals surface area (Å²) in [6, 6.07) is 10.3. The highest BCUT2D eigenvalue weighted by molar-refractivity contribution is 5.88. The summed E-state index contributed by atoms with van der Waals surface area (Å²) in [5.74, 6) is -0.639. The fraction of sp³-hybridized carbons (Fsp3) is 0.333. The molecule has 3 rings (SSSR count). The molecule has 1 amide bonds. The second kappa shape index (κ2) is 11.4. The molecule has 0 aromatic heterocycles. The Labute approximate surface area is 207 Å². The Morgan fingerprint density at radius 3 is 2.47 bits per heavy atom. The fourth-order valence-electron chi connectivity index (χ4n) is 4.04. The van der Waals surface area contributed by atoms with E-state index in [0.717, 1.165) is 12.3 Å². The minimum absolute atomic E-state index is 0.185. The number of carbonyl (C=O) groups is 1. The van der Waals surface area contributed by atoms with Crippen LogP contribution in [0, 0.1) is 17.1 Å². The molecule has 0 fully saturated rings. The normalized spacial score (nSPS) is 17.4. The van der Waals surface area contributed by atoms with Gasteiger partial charge in [0.2, 0.25) is 5.91 Å². The zero-order valence-electron chi connectivity index (χ0n) is 20.2. The van der Waals surface area contributed by atoms with Crippen molar-refractivity contribution in [2.75, 3.05) is 5.32 Å². The third-order valence-corrected chi connectivity index (χ3v) is 5.99. The van der Waals surface area contributed by atoms with Gasteiger partial charge in [0.25, 0.3) is 0 Å². The molecule has 5 nitrogen and oxygen atoms in total. The maximum atomic E-state index is 13.2. The molecule has 0 aliphatic heterocycles. The number of carbonyl (C=O) groups excluding carboxylic acids is 1. The molecule has 36 heavy (non-hydrogen) atoms. The van der Waals surface area contributed by atoms with E-state index in [1.54, 1.807) is 51.1 Å². The number of hydrogen-bond donors (Lipinski definition) is 3. The van der Waals surface area contributed by atoms with E-state index in [1.165, 1.54) is 18.2 Å². The number of rotatable bonds is 9. The van der Waals surface area contributed by atoms with E-state index in [1.807, 2.05) is 0 Å². The van der Waals surface area contributed by atoms with Gasteiger partial charge >= 0.3 is 6.18 Å². The van der Waals surface area contributed by atoms with Gasteiger partial charge in [0.1, 0.15) is 17.7 Å². The molecule has 0 saturated heterocycles. The smallest absolute Gasteiger partial charge is 0.412 e. The van der Waals surface area contributed by atoms with Crippen molar-refractivity contribution in [3.05, 3.63) is 77.1 Å². The van der Waals surface area contributed by atoms with Crippen molar-refractivity contribution in [1.29, 1.82) is 5.41 Å². The Bertz CT molecular complexity index is 1160. The molecule has 0 bridgehead atoms. The fourth-order valence-corrected chi connectivity index (χ4v) is 4.04. The third-order valence-electron chi connectivity index (χ3n) is 5.99. The predicted molar refractivity (Wildman–Crippen MR) is 132 cm³/mol.